The van der Waals surface area contributed by atoms with Gasteiger partial charge in [0.05, 0.1) is 7.05 Å². The molecule has 4 aromatic carbocycles. The molecular weight excluding hydrogens is 589 g/mol. The summed E-state index contributed by atoms with van der Waals surface area (Å²) in [5, 5.41) is 7.11. The van der Waals surface area contributed by atoms with E-state index in [1.165, 1.54) is 11.3 Å². The number of alkyl carbamates (subject to hydrolysis) is 1. The van der Waals surface area contributed by atoms with Crippen LogP contribution in [-0.2, 0) is 11.3 Å². The molecule has 220 valence electrons. The lowest BCUT2D eigenvalue weighted by molar-refractivity contribution is 0.134. The lowest BCUT2D eigenvalue weighted by Gasteiger charge is -2.26. The normalized spacial score (nSPS) is 12.0. The molecule has 0 aliphatic rings. The van der Waals surface area contributed by atoms with Gasteiger partial charge >= 0.3 is 11.7 Å². The van der Waals surface area contributed by atoms with Gasteiger partial charge in [-0.15, -0.1) is 0 Å². The van der Waals surface area contributed by atoms with Crippen LogP contribution in [0.4, 0.5) is 9.80 Å². The second kappa shape index (κ2) is 12.8. The number of nitrogens with one attached hydrogen (secondary N) is 1. The third-order valence-corrected chi connectivity index (χ3v) is 12.1. The minimum atomic E-state index is -2.55. The van der Waals surface area contributed by atoms with E-state index in [1.54, 1.807) is 6.92 Å². The zero-order valence-corrected chi connectivity index (χ0v) is 25.9. The lowest BCUT2D eigenvalue weighted by Crippen LogP contribution is -2.28. The molecule has 6 rings (SSSR count). The molecule has 0 saturated carbocycles. The molecule has 2 heterocycles. The van der Waals surface area contributed by atoms with Crippen LogP contribution in [0.2, 0.25) is 0 Å². The predicted octanol–water partition coefficient (Wildman–Crippen LogP) is 7.35. The van der Waals surface area contributed by atoms with E-state index in [4.69, 9.17) is 13.9 Å². The smallest absolute Gasteiger partial charge is 0.408 e. The maximum Gasteiger partial charge on any atom is 0.408 e. The Kier molecular flexibility index (Phi) is 8.55. The molecule has 7 nitrogen and oxygen atoms in total. The minimum absolute atomic E-state index is 0.0993. The summed E-state index contributed by atoms with van der Waals surface area (Å²) in [6.45, 7) is 3.71. The van der Waals surface area contributed by atoms with Gasteiger partial charge in [-0.2, -0.15) is 0 Å². The molecule has 0 unspecified atom stereocenters. The molecule has 0 aliphatic heterocycles. The number of hydrogen-bond acceptors (Lipinski definition) is 7. The third-order valence-electron chi connectivity index (χ3n) is 7.26. The Morgan fingerprint density at radius 2 is 1.36 bits per heavy atom. The van der Waals surface area contributed by atoms with E-state index in [1.807, 2.05) is 91.9 Å². The first-order chi connectivity index (χ1) is 21.5. The van der Waals surface area contributed by atoms with Crippen LogP contribution in [0, 0.1) is 6.92 Å². The first kappa shape index (κ1) is 29.3. The number of nitrogens with zero attached hydrogens (tertiary/aromatic N) is 2. The van der Waals surface area contributed by atoms with Crippen molar-refractivity contribution in [1.82, 2.24) is 10.3 Å². The van der Waals surface area contributed by atoms with Crippen LogP contribution in [-0.4, -0.2) is 11.1 Å². The van der Waals surface area contributed by atoms with Gasteiger partial charge in [0.25, 0.3) is 0 Å². The maximum atomic E-state index is 13.3. The molecule has 0 radical (unpaired) electrons. The van der Waals surface area contributed by atoms with Gasteiger partial charge in [-0.25, -0.2) is 19.3 Å². The molecule has 44 heavy (non-hydrogen) atoms. The average molecular weight is 620 g/mol. The van der Waals surface area contributed by atoms with E-state index in [9.17, 15) is 9.59 Å². The molecule has 9 heteroatoms. The summed E-state index contributed by atoms with van der Waals surface area (Å²) in [5.74, 6) is 0.0993. The van der Waals surface area contributed by atoms with Gasteiger partial charge in [0.1, 0.15) is 27.9 Å². The SMILES string of the molecule is Cc1c(N=P(c2ccccc2)(c2ccccc2)c2ccccc2)sc2nc([C@H](C)NC(=O)OCc3ccccc3)oc(=O)c12. The van der Waals surface area contributed by atoms with E-state index < -0.39 is 24.8 Å². The van der Waals surface area contributed by atoms with Crippen LogP contribution < -0.4 is 26.9 Å². The molecule has 6 aromatic rings. The van der Waals surface area contributed by atoms with Crippen molar-refractivity contribution >= 4 is 55.6 Å². The highest BCUT2D eigenvalue weighted by molar-refractivity contribution is 7.87. The molecule has 1 atom stereocenters. The Balaban J connectivity index is 1.43. The lowest BCUT2D eigenvalue weighted by atomic mass is 10.2. The second-order valence-corrected chi connectivity index (χ2v) is 14.2. The number of aromatic nitrogens is 1. The van der Waals surface area contributed by atoms with E-state index in [0.717, 1.165) is 21.5 Å². The quantitative estimate of drug-likeness (QED) is 0.180. The fourth-order valence-corrected chi connectivity index (χ4v) is 9.96. The Bertz CT molecular complexity index is 1910. The van der Waals surface area contributed by atoms with Crippen molar-refractivity contribution < 1.29 is 13.9 Å². The summed E-state index contributed by atoms with van der Waals surface area (Å²) in [6.07, 6.45) is -0.632. The number of amides is 1. The monoisotopic (exact) mass is 619 g/mol. The summed E-state index contributed by atoms with van der Waals surface area (Å²) in [5.41, 5.74) is 1.06. The van der Waals surface area contributed by atoms with Crippen molar-refractivity contribution in [3.63, 3.8) is 0 Å². The van der Waals surface area contributed by atoms with Gasteiger partial charge in [-0.05, 0) is 19.4 Å². The van der Waals surface area contributed by atoms with E-state index >= 15 is 0 Å². The van der Waals surface area contributed by atoms with Crippen LogP contribution in [0.25, 0.3) is 10.2 Å². The van der Waals surface area contributed by atoms with E-state index in [-0.39, 0.29) is 12.5 Å². The number of ether oxygens (including phenoxy) is 1. The Labute approximate surface area is 259 Å². The van der Waals surface area contributed by atoms with Gasteiger partial charge in [0.2, 0.25) is 5.89 Å². The molecule has 1 amide bonds. The van der Waals surface area contributed by atoms with Gasteiger partial charge in [-0.3, -0.25) is 0 Å². The molecule has 1 N–H and O–H groups in total. The van der Waals surface area contributed by atoms with Gasteiger partial charge in [-0.1, -0.05) is 133 Å². The number of thiophene rings is 1. The first-order valence-corrected chi connectivity index (χ1v) is 16.7. The summed E-state index contributed by atoms with van der Waals surface area (Å²) in [6, 6.07) is 39.6. The van der Waals surface area contributed by atoms with Crippen molar-refractivity contribution in [1.29, 1.82) is 0 Å². The van der Waals surface area contributed by atoms with E-state index in [0.29, 0.717) is 20.8 Å². The average Bonchev–Trinajstić information content (AvgIpc) is 3.39. The molecule has 0 aliphatic carbocycles. The summed E-state index contributed by atoms with van der Waals surface area (Å²) in [4.78, 5) is 31.0. The summed E-state index contributed by atoms with van der Waals surface area (Å²) in [7, 11) is -2.55. The zero-order valence-electron chi connectivity index (χ0n) is 24.2. The van der Waals surface area contributed by atoms with Crippen LogP contribution in [0.15, 0.2) is 135 Å². The van der Waals surface area contributed by atoms with Crippen LogP contribution in [0.3, 0.4) is 0 Å². The fourth-order valence-electron chi connectivity index (χ4n) is 5.05. The number of carbonyl (C=O) groups excluding carboxylic acids is 1. The maximum absolute atomic E-state index is 13.3. The van der Waals surface area contributed by atoms with Gasteiger partial charge < -0.3 is 14.5 Å². The number of benzene rings is 4. The van der Waals surface area contributed by atoms with E-state index in [2.05, 4.69) is 46.7 Å². The molecule has 0 bridgehead atoms. The second-order valence-electron chi connectivity index (χ2n) is 10.2. The molecular formula is C35H30N3O4PS. The molecule has 0 spiro atoms. The Hall–Kier alpha value is -4.78. The molecule has 2 aromatic heterocycles. The Morgan fingerprint density at radius 1 is 0.864 bits per heavy atom. The molecule has 0 fully saturated rings. The highest BCUT2D eigenvalue weighted by Gasteiger charge is 2.29. The predicted molar refractivity (Wildman–Crippen MR) is 178 cm³/mol. The number of fused-ring (bicyclic) bond motifs is 1. The van der Waals surface area contributed by atoms with Crippen molar-refractivity contribution in [2.75, 3.05) is 0 Å². The zero-order chi connectivity index (χ0) is 30.5. The van der Waals surface area contributed by atoms with Gasteiger partial charge in [0, 0.05) is 21.5 Å². The highest BCUT2D eigenvalue weighted by Crippen LogP contribution is 2.52. The number of carbonyl (C=O) groups is 1. The standard InChI is InChI=1S/C35H30N3O4PS/c1-24-30-33(37-31(42-34(30)39)25(2)36-35(40)41-23-26-15-7-3-8-16-26)44-32(24)38-43(27-17-9-4-10-18-27,28-19-11-5-12-20-28)29-21-13-6-14-22-29/h3-22,25H,23H2,1-2H3,(H,36,40)/t25-/m0/s1. The van der Waals surface area contributed by atoms with Crippen LogP contribution in [0.5, 0.6) is 0 Å². The topological polar surface area (TPSA) is 93.8 Å². The van der Waals surface area contributed by atoms with Crippen molar-refractivity contribution in [2.45, 2.75) is 26.5 Å². The summed E-state index contributed by atoms with van der Waals surface area (Å²) < 4.78 is 16.5. The van der Waals surface area contributed by atoms with Gasteiger partial charge in [0.15, 0.2) is 0 Å². The third kappa shape index (κ3) is 5.87. The van der Waals surface area contributed by atoms with Crippen LogP contribution in [0.1, 0.15) is 30.0 Å². The largest absolute Gasteiger partial charge is 0.445 e. The minimum Gasteiger partial charge on any atom is -0.445 e. The fraction of sp³-hybridized carbons (Fsp3) is 0.114. The number of aryl methyl sites for hydroxylation is 1. The summed E-state index contributed by atoms with van der Waals surface area (Å²) >= 11 is 1.35. The van der Waals surface area contributed by atoms with Crippen molar-refractivity contribution in [3.8, 4) is 0 Å². The number of rotatable bonds is 8. The first-order valence-electron chi connectivity index (χ1n) is 14.2. The Morgan fingerprint density at radius 3 is 1.89 bits per heavy atom. The van der Waals surface area contributed by atoms with Crippen molar-refractivity contribution in [3.05, 3.63) is 149 Å². The van der Waals surface area contributed by atoms with Crippen LogP contribution >= 0.6 is 18.4 Å². The highest BCUT2D eigenvalue weighted by atomic mass is 32.1. The van der Waals surface area contributed by atoms with Crippen molar-refractivity contribution in [2.24, 2.45) is 4.74 Å². The molecule has 0 saturated heterocycles. The number of hydrogen-bond donors (Lipinski definition) is 1.